The predicted octanol–water partition coefficient (Wildman–Crippen LogP) is 2.29. The molecule has 128 valence electrons. The van der Waals surface area contributed by atoms with E-state index < -0.39 is 11.6 Å². The van der Waals surface area contributed by atoms with Gasteiger partial charge in [-0.05, 0) is 30.3 Å². The van der Waals surface area contributed by atoms with E-state index in [4.69, 9.17) is 0 Å². The molecular weight excluding hydrogens is 312 g/mol. The highest BCUT2D eigenvalue weighted by atomic mass is 19.1. The van der Waals surface area contributed by atoms with Crippen molar-refractivity contribution < 1.29 is 8.78 Å². The van der Waals surface area contributed by atoms with Crippen molar-refractivity contribution >= 4 is 11.8 Å². The average molecular weight is 333 g/mol. The molecule has 24 heavy (non-hydrogen) atoms. The maximum absolute atomic E-state index is 13.6. The van der Waals surface area contributed by atoms with E-state index in [-0.39, 0.29) is 12.1 Å². The summed E-state index contributed by atoms with van der Waals surface area (Å²) in [5.74, 6) is 0.412. The summed E-state index contributed by atoms with van der Waals surface area (Å²) in [6.07, 6.45) is 0. The lowest BCUT2D eigenvalue weighted by molar-refractivity contribution is 0.581. The fourth-order valence-corrected chi connectivity index (χ4v) is 2.07. The Labute approximate surface area is 140 Å². The summed E-state index contributed by atoms with van der Waals surface area (Å²) in [4.78, 5) is 10.5. The molecule has 0 atom stereocenters. The number of hydrogen-bond donors (Lipinski definition) is 2. The lowest BCUT2D eigenvalue weighted by Crippen LogP contribution is -2.36. The zero-order chi connectivity index (χ0) is 17.5. The lowest BCUT2D eigenvalue weighted by Gasteiger charge is -2.14. The predicted molar refractivity (Wildman–Crippen MR) is 92.0 cm³/mol. The fourth-order valence-electron chi connectivity index (χ4n) is 2.07. The van der Waals surface area contributed by atoms with Crippen LogP contribution in [0.4, 0.5) is 14.6 Å². The van der Waals surface area contributed by atoms with Gasteiger partial charge in [0.2, 0.25) is 0 Å². The van der Waals surface area contributed by atoms with Crippen molar-refractivity contribution in [3.8, 4) is 0 Å². The molecule has 0 fully saturated rings. The summed E-state index contributed by atoms with van der Waals surface area (Å²) in [7, 11) is 5.46. The molecule has 0 aliphatic carbocycles. The molecule has 0 amide bonds. The zero-order valence-electron chi connectivity index (χ0n) is 14.0. The quantitative estimate of drug-likeness (QED) is 0.651. The van der Waals surface area contributed by atoms with Gasteiger partial charge in [0.05, 0.1) is 12.2 Å². The minimum Gasteiger partial charge on any atom is -0.363 e. The van der Waals surface area contributed by atoms with E-state index in [1.807, 2.05) is 37.2 Å². The van der Waals surface area contributed by atoms with Crippen LogP contribution < -0.4 is 15.5 Å². The number of nitrogens with one attached hydrogen (secondary N) is 2. The van der Waals surface area contributed by atoms with Gasteiger partial charge in [0, 0.05) is 33.3 Å². The molecule has 2 rings (SSSR count). The largest absolute Gasteiger partial charge is 0.363 e. The van der Waals surface area contributed by atoms with Gasteiger partial charge < -0.3 is 15.5 Å². The molecule has 0 bridgehead atoms. The van der Waals surface area contributed by atoms with Crippen LogP contribution in [0.15, 0.2) is 41.4 Å². The van der Waals surface area contributed by atoms with Crippen molar-refractivity contribution in [3.05, 3.63) is 59.3 Å². The van der Waals surface area contributed by atoms with Gasteiger partial charge in [0.25, 0.3) is 0 Å². The van der Waals surface area contributed by atoms with Crippen LogP contribution in [0.1, 0.15) is 11.3 Å². The molecule has 1 aromatic heterocycles. The van der Waals surface area contributed by atoms with Gasteiger partial charge in [-0.15, -0.1) is 0 Å². The standard InChI is InChI=1S/C17H21F2N5/c1-20-17(21-10-12-9-13(18)7-8-15(12)19)22-11-14-5-4-6-16(23-14)24(2)3/h4-9H,10-11H2,1-3H3,(H2,20,21,22). The SMILES string of the molecule is CN=C(NCc1cccc(N(C)C)n1)NCc1cc(F)ccc1F. The molecule has 0 unspecified atom stereocenters. The number of anilines is 1. The number of pyridine rings is 1. The molecule has 1 aromatic carbocycles. The number of rotatable bonds is 5. The average Bonchev–Trinajstić information content (AvgIpc) is 2.58. The molecule has 1 heterocycles. The van der Waals surface area contributed by atoms with Crippen LogP contribution in [0.5, 0.6) is 0 Å². The van der Waals surface area contributed by atoms with Crippen molar-refractivity contribution in [2.45, 2.75) is 13.1 Å². The Kier molecular flexibility index (Phi) is 6.06. The normalized spacial score (nSPS) is 11.3. The highest BCUT2D eigenvalue weighted by Gasteiger charge is 2.06. The topological polar surface area (TPSA) is 52.6 Å². The number of aromatic nitrogens is 1. The summed E-state index contributed by atoms with van der Waals surface area (Å²) >= 11 is 0. The second kappa shape index (κ2) is 8.24. The molecule has 0 aliphatic heterocycles. The molecule has 2 N–H and O–H groups in total. The number of nitrogens with zero attached hydrogens (tertiary/aromatic N) is 3. The first-order chi connectivity index (χ1) is 11.5. The van der Waals surface area contributed by atoms with Gasteiger partial charge in [-0.1, -0.05) is 6.07 Å². The molecule has 0 saturated carbocycles. The van der Waals surface area contributed by atoms with Gasteiger partial charge in [0.1, 0.15) is 17.5 Å². The Hall–Kier alpha value is -2.70. The smallest absolute Gasteiger partial charge is 0.191 e. The number of hydrogen-bond acceptors (Lipinski definition) is 3. The van der Waals surface area contributed by atoms with Crippen LogP contribution >= 0.6 is 0 Å². The van der Waals surface area contributed by atoms with Gasteiger partial charge in [0.15, 0.2) is 5.96 Å². The number of aliphatic imine (C=N–C) groups is 1. The van der Waals surface area contributed by atoms with E-state index in [0.29, 0.717) is 12.5 Å². The number of guanidine groups is 1. The number of halogens is 2. The highest BCUT2D eigenvalue weighted by Crippen LogP contribution is 2.09. The summed E-state index contributed by atoms with van der Waals surface area (Å²) in [6.45, 7) is 0.599. The van der Waals surface area contributed by atoms with Gasteiger partial charge >= 0.3 is 0 Å². The van der Waals surface area contributed by atoms with E-state index in [0.717, 1.165) is 29.7 Å². The molecule has 0 radical (unpaired) electrons. The Morgan fingerprint density at radius 1 is 1.12 bits per heavy atom. The Morgan fingerprint density at radius 3 is 2.58 bits per heavy atom. The summed E-state index contributed by atoms with van der Waals surface area (Å²) in [6, 6.07) is 9.12. The first-order valence-corrected chi connectivity index (χ1v) is 7.51. The first kappa shape index (κ1) is 17.7. The monoisotopic (exact) mass is 333 g/mol. The van der Waals surface area contributed by atoms with Crippen LogP contribution in [-0.2, 0) is 13.1 Å². The third kappa shape index (κ3) is 4.91. The van der Waals surface area contributed by atoms with Crippen LogP contribution in [0.25, 0.3) is 0 Å². The van der Waals surface area contributed by atoms with E-state index in [2.05, 4.69) is 20.6 Å². The van der Waals surface area contributed by atoms with E-state index >= 15 is 0 Å². The highest BCUT2D eigenvalue weighted by molar-refractivity contribution is 5.79. The molecule has 7 heteroatoms. The van der Waals surface area contributed by atoms with Crippen LogP contribution in [0, 0.1) is 11.6 Å². The van der Waals surface area contributed by atoms with E-state index in [9.17, 15) is 8.78 Å². The van der Waals surface area contributed by atoms with Gasteiger partial charge in [-0.25, -0.2) is 13.8 Å². The lowest BCUT2D eigenvalue weighted by atomic mass is 10.2. The second-order valence-corrected chi connectivity index (χ2v) is 5.40. The van der Waals surface area contributed by atoms with E-state index in [1.165, 1.54) is 0 Å². The summed E-state index contributed by atoms with van der Waals surface area (Å²) in [5, 5.41) is 6.05. The van der Waals surface area contributed by atoms with Crippen LogP contribution in [-0.4, -0.2) is 32.1 Å². The summed E-state index contributed by atoms with van der Waals surface area (Å²) in [5.41, 5.74) is 1.09. The van der Waals surface area contributed by atoms with Crippen LogP contribution in [0.2, 0.25) is 0 Å². The molecule has 0 saturated heterocycles. The zero-order valence-corrected chi connectivity index (χ0v) is 14.0. The third-order valence-electron chi connectivity index (χ3n) is 3.36. The third-order valence-corrected chi connectivity index (χ3v) is 3.36. The Morgan fingerprint density at radius 2 is 1.88 bits per heavy atom. The summed E-state index contributed by atoms with van der Waals surface area (Å²) < 4.78 is 26.8. The van der Waals surface area contributed by atoms with Crippen molar-refractivity contribution in [1.29, 1.82) is 0 Å². The van der Waals surface area contributed by atoms with Crippen molar-refractivity contribution in [3.63, 3.8) is 0 Å². The second-order valence-electron chi connectivity index (χ2n) is 5.40. The Balaban J connectivity index is 1.93. The maximum atomic E-state index is 13.6. The van der Waals surface area contributed by atoms with Gasteiger partial charge in [-0.2, -0.15) is 0 Å². The molecule has 0 spiro atoms. The first-order valence-electron chi connectivity index (χ1n) is 7.51. The van der Waals surface area contributed by atoms with Crippen molar-refractivity contribution in [1.82, 2.24) is 15.6 Å². The molecule has 2 aromatic rings. The fraction of sp³-hybridized carbons (Fsp3) is 0.294. The Bertz CT molecular complexity index is 716. The number of benzene rings is 1. The molecule has 0 aliphatic rings. The van der Waals surface area contributed by atoms with Gasteiger partial charge in [-0.3, -0.25) is 4.99 Å². The van der Waals surface area contributed by atoms with Crippen molar-refractivity contribution in [2.24, 2.45) is 4.99 Å². The molecule has 5 nitrogen and oxygen atoms in total. The minimum absolute atomic E-state index is 0.133. The maximum Gasteiger partial charge on any atom is 0.191 e. The minimum atomic E-state index is -0.471. The van der Waals surface area contributed by atoms with E-state index in [1.54, 1.807) is 7.05 Å². The van der Waals surface area contributed by atoms with Crippen LogP contribution in [0.3, 0.4) is 0 Å². The molecular formula is C17H21F2N5. The van der Waals surface area contributed by atoms with Crippen molar-refractivity contribution in [2.75, 3.05) is 26.0 Å².